The van der Waals surface area contributed by atoms with E-state index in [0.717, 1.165) is 31.4 Å². The van der Waals surface area contributed by atoms with Crippen LogP contribution in [0.3, 0.4) is 0 Å². The molecule has 0 unspecified atom stereocenters. The molecule has 4 nitrogen and oxygen atoms in total. The minimum Gasteiger partial charge on any atom is -0.338 e. The molecule has 4 heteroatoms. The highest BCUT2D eigenvalue weighted by atomic mass is 16.2. The summed E-state index contributed by atoms with van der Waals surface area (Å²) in [5, 5.41) is 4.30. The summed E-state index contributed by atoms with van der Waals surface area (Å²) >= 11 is 0. The number of aromatic nitrogens is 2. The van der Waals surface area contributed by atoms with Gasteiger partial charge in [0.2, 0.25) is 0 Å². The van der Waals surface area contributed by atoms with Crippen LogP contribution < -0.4 is 0 Å². The van der Waals surface area contributed by atoms with E-state index in [9.17, 15) is 4.79 Å². The Hall–Kier alpha value is -2.62. The number of hydrogen-bond donors (Lipinski definition) is 0. The Balaban J connectivity index is 1.60. The first kappa shape index (κ1) is 14.9. The van der Waals surface area contributed by atoms with Gasteiger partial charge >= 0.3 is 0 Å². The number of rotatable bonds is 2. The number of carbonyl (C=O) groups is 1. The minimum atomic E-state index is 0.0921. The van der Waals surface area contributed by atoms with E-state index in [2.05, 4.69) is 36.3 Å². The van der Waals surface area contributed by atoms with Crippen LogP contribution in [0, 0.1) is 6.92 Å². The molecule has 122 valence electrons. The molecule has 1 atom stereocenters. The maximum atomic E-state index is 13.0. The van der Waals surface area contributed by atoms with Gasteiger partial charge in [0.15, 0.2) is 0 Å². The topological polar surface area (TPSA) is 37.6 Å². The van der Waals surface area contributed by atoms with Crippen molar-refractivity contribution in [2.75, 3.05) is 13.1 Å². The Kier molecular flexibility index (Phi) is 3.81. The molecular formula is C20H21N3O. The highest BCUT2D eigenvalue weighted by Gasteiger charge is 2.27. The Morgan fingerprint density at radius 1 is 1.17 bits per heavy atom. The number of benzene rings is 1. The summed E-state index contributed by atoms with van der Waals surface area (Å²) in [5.41, 5.74) is 4.25. The van der Waals surface area contributed by atoms with Gasteiger partial charge in [-0.2, -0.15) is 5.10 Å². The summed E-state index contributed by atoms with van der Waals surface area (Å²) in [6.45, 7) is 3.76. The minimum absolute atomic E-state index is 0.0921. The Labute approximate surface area is 141 Å². The molecule has 4 rings (SSSR count). The molecule has 1 fully saturated rings. The second-order valence-corrected chi connectivity index (χ2v) is 6.54. The maximum absolute atomic E-state index is 13.0. The summed E-state index contributed by atoms with van der Waals surface area (Å²) in [7, 11) is 0. The zero-order valence-corrected chi connectivity index (χ0v) is 13.9. The van der Waals surface area contributed by atoms with Crippen molar-refractivity contribution in [2.24, 2.45) is 0 Å². The molecule has 0 bridgehead atoms. The number of aryl methyl sites for hydroxylation is 1. The number of nitrogens with zero attached hydrogens (tertiary/aromatic N) is 3. The third-order valence-corrected chi connectivity index (χ3v) is 4.99. The van der Waals surface area contributed by atoms with Crippen molar-refractivity contribution in [3.05, 3.63) is 71.5 Å². The molecule has 3 heterocycles. The first-order valence-corrected chi connectivity index (χ1v) is 8.51. The molecule has 0 aliphatic carbocycles. The number of piperidine rings is 1. The number of hydrogen-bond acceptors (Lipinski definition) is 2. The lowest BCUT2D eigenvalue weighted by molar-refractivity contribution is 0.0709. The average molecular weight is 319 g/mol. The fraction of sp³-hybridized carbons (Fsp3) is 0.300. The van der Waals surface area contributed by atoms with E-state index in [1.807, 2.05) is 29.3 Å². The zero-order chi connectivity index (χ0) is 16.5. The first-order valence-electron chi connectivity index (χ1n) is 8.51. The van der Waals surface area contributed by atoms with Crippen LogP contribution >= 0.6 is 0 Å². The van der Waals surface area contributed by atoms with Gasteiger partial charge in [-0.15, -0.1) is 0 Å². The van der Waals surface area contributed by atoms with Gasteiger partial charge in [0.05, 0.1) is 17.3 Å². The third-order valence-electron chi connectivity index (χ3n) is 4.99. The zero-order valence-electron chi connectivity index (χ0n) is 13.9. The number of fused-ring (bicyclic) bond motifs is 1. The molecule has 1 aromatic carbocycles. The third kappa shape index (κ3) is 2.58. The molecule has 0 spiro atoms. The fourth-order valence-electron chi connectivity index (χ4n) is 3.73. The summed E-state index contributed by atoms with van der Waals surface area (Å²) in [5.74, 6) is 0.514. The number of likely N-dealkylation sites (tertiary alicyclic amines) is 1. The van der Waals surface area contributed by atoms with E-state index in [-0.39, 0.29) is 5.91 Å². The Morgan fingerprint density at radius 2 is 2.00 bits per heavy atom. The highest BCUT2D eigenvalue weighted by molar-refractivity contribution is 6.00. The van der Waals surface area contributed by atoms with Crippen molar-refractivity contribution < 1.29 is 4.79 Å². The van der Waals surface area contributed by atoms with Crippen molar-refractivity contribution in [2.45, 2.75) is 25.7 Å². The van der Waals surface area contributed by atoms with Gasteiger partial charge < -0.3 is 4.90 Å². The lowest BCUT2D eigenvalue weighted by Gasteiger charge is -2.33. The summed E-state index contributed by atoms with van der Waals surface area (Å²) in [4.78, 5) is 15.0. The number of carbonyl (C=O) groups excluding carboxylic acids is 1. The largest absolute Gasteiger partial charge is 0.338 e. The SMILES string of the molecule is Cc1ccccc1[C@@H]1CCCN(C(=O)c2cnn3ccccc23)C1. The monoisotopic (exact) mass is 319 g/mol. The van der Waals surface area contributed by atoms with Gasteiger partial charge in [0.1, 0.15) is 0 Å². The molecule has 0 saturated carbocycles. The van der Waals surface area contributed by atoms with Crippen molar-refractivity contribution in [3.63, 3.8) is 0 Å². The standard InChI is InChI=1S/C20H21N3O/c1-15-7-2-3-9-17(15)16-8-6-11-22(14-16)20(24)18-13-21-23-12-5-4-10-19(18)23/h2-5,7,9-10,12-13,16H,6,8,11,14H2,1H3/t16-/m1/s1. The van der Waals surface area contributed by atoms with E-state index in [1.54, 1.807) is 10.7 Å². The van der Waals surface area contributed by atoms with Crippen LogP contribution in [-0.2, 0) is 0 Å². The van der Waals surface area contributed by atoms with Gasteiger partial charge in [-0.1, -0.05) is 30.3 Å². The van der Waals surface area contributed by atoms with Gasteiger partial charge in [-0.25, -0.2) is 4.52 Å². The predicted octanol–water partition coefficient (Wildman–Crippen LogP) is 3.66. The molecule has 24 heavy (non-hydrogen) atoms. The molecule has 1 amide bonds. The second kappa shape index (κ2) is 6.11. The first-order chi connectivity index (χ1) is 11.7. The Morgan fingerprint density at radius 3 is 2.88 bits per heavy atom. The van der Waals surface area contributed by atoms with E-state index >= 15 is 0 Å². The normalized spacial score (nSPS) is 18.0. The van der Waals surface area contributed by atoms with Gasteiger partial charge in [0.25, 0.3) is 5.91 Å². The van der Waals surface area contributed by atoms with Crippen LogP contribution in [-0.4, -0.2) is 33.5 Å². The average Bonchev–Trinajstić information content (AvgIpc) is 3.06. The summed E-state index contributed by atoms with van der Waals surface area (Å²) in [6.07, 6.45) is 5.75. The predicted molar refractivity (Wildman–Crippen MR) is 94.2 cm³/mol. The van der Waals surface area contributed by atoms with Gasteiger partial charge in [-0.05, 0) is 43.0 Å². The van der Waals surface area contributed by atoms with Crippen molar-refractivity contribution in [3.8, 4) is 0 Å². The van der Waals surface area contributed by atoms with E-state index in [1.165, 1.54) is 11.1 Å². The van der Waals surface area contributed by atoms with Crippen LogP contribution in [0.25, 0.3) is 5.52 Å². The molecule has 1 saturated heterocycles. The van der Waals surface area contributed by atoms with E-state index in [4.69, 9.17) is 0 Å². The smallest absolute Gasteiger partial charge is 0.257 e. The van der Waals surface area contributed by atoms with E-state index < -0.39 is 0 Å². The molecule has 1 aliphatic heterocycles. The van der Waals surface area contributed by atoms with Crippen molar-refractivity contribution >= 4 is 11.4 Å². The number of amides is 1. The lowest BCUT2D eigenvalue weighted by atomic mass is 9.88. The molecule has 1 aliphatic rings. The van der Waals surface area contributed by atoms with Crippen molar-refractivity contribution in [1.29, 1.82) is 0 Å². The second-order valence-electron chi connectivity index (χ2n) is 6.54. The molecule has 3 aromatic rings. The molecule has 2 aromatic heterocycles. The molecular weight excluding hydrogens is 298 g/mol. The van der Waals surface area contributed by atoms with Crippen LogP contribution in [0.5, 0.6) is 0 Å². The van der Waals surface area contributed by atoms with Crippen LogP contribution in [0.2, 0.25) is 0 Å². The number of pyridine rings is 1. The Bertz CT molecular complexity index is 883. The maximum Gasteiger partial charge on any atom is 0.257 e. The van der Waals surface area contributed by atoms with Gasteiger partial charge in [0, 0.05) is 25.2 Å². The fourth-order valence-corrected chi connectivity index (χ4v) is 3.73. The van der Waals surface area contributed by atoms with E-state index in [0.29, 0.717) is 11.5 Å². The highest BCUT2D eigenvalue weighted by Crippen LogP contribution is 2.30. The molecule has 0 radical (unpaired) electrons. The quantitative estimate of drug-likeness (QED) is 0.723. The summed E-state index contributed by atoms with van der Waals surface area (Å²) in [6, 6.07) is 14.3. The van der Waals surface area contributed by atoms with Crippen molar-refractivity contribution in [1.82, 2.24) is 14.5 Å². The summed E-state index contributed by atoms with van der Waals surface area (Å²) < 4.78 is 1.76. The molecule has 0 N–H and O–H groups in total. The van der Waals surface area contributed by atoms with Crippen LogP contribution in [0.4, 0.5) is 0 Å². The van der Waals surface area contributed by atoms with Gasteiger partial charge in [-0.3, -0.25) is 4.79 Å². The van der Waals surface area contributed by atoms with Crippen LogP contribution in [0.1, 0.15) is 40.2 Å². The van der Waals surface area contributed by atoms with Crippen LogP contribution in [0.15, 0.2) is 54.9 Å². The lowest BCUT2D eigenvalue weighted by Crippen LogP contribution is -2.39.